The van der Waals surface area contributed by atoms with Gasteiger partial charge in [0.25, 0.3) is 0 Å². The van der Waals surface area contributed by atoms with Crippen molar-refractivity contribution in [2.45, 2.75) is 13.8 Å². The van der Waals surface area contributed by atoms with Gasteiger partial charge in [0.15, 0.2) is 6.79 Å². The summed E-state index contributed by atoms with van der Waals surface area (Å²) in [6, 6.07) is 0. The molecule has 0 aliphatic carbocycles. The Hall–Kier alpha value is -1.95. The van der Waals surface area contributed by atoms with Crippen molar-refractivity contribution in [3.63, 3.8) is 0 Å². The van der Waals surface area contributed by atoms with Crippen LogP contribution in [0.2, 0.25) is 0 Å². The molecule has 0 radical (unpaired) electrons. The molecule has 0 aliphatic rings. The summed E-state index contributed by atoms with van der Waals surface area (Å²) in [4.78, 5) is 12.0. The second kappa shape index (κ2) is 6.29. The van der Waals surface area contributed by atoms with E-state index < -0.39 is 5.97 Å². The number of phenolic OH excluding ortho intramolecular Hbond substituents is 1. The van der Waals surface area contributed by atoms with Gasteiger partial charge in [0, 0.05) is 18.2 Å². The van der Waals surface area contributed by atoms with Crippen LogP contribution in [-0.2, 0) is 9.47 Å². The Morgan fingerprint density at radius 3 is 1.89 bits per heavy atom. The quantitative estimate of drug-likeness (QED) is 0.649. The molecule has 1 aromatic carbocycles. The van der Waals surface area contributed by atoms with E-state index in [1.165, 1.54) is 21.3 Å². The van der Waals surface area contributed by atoms with Crippen LogP contribution in [0, 0.1) is 13.8 Å². The largest absolute Gasteiger partial charge is 0.507 e. The van der Waals surface area contributed by atoms with Crippen molar-refractivity contribution in [2.75, 3.05) is 28.1 Å². The van der Waals surface area contributed by atoms with Crippen molar-refractivity contribution in [3.8, 4) is 17.2 Å². The van der Waals surface area contributed by atoms with Crippen molar-refractivity contribution in [2.24, 2.45) is 0 Å². The Morgan fingerprint density at radius 1 is 1.05 bits per heavy atom. The molecular formula is C13H18O6. The normalized spacial score (nSPS) is 10.2. The lowest BCUT2D eigenvalue weighted by molar-refractivity contribution is -0.0129. The first-order valence-corrected chi connectivity index (χ1v) is 5.59. The van der Waals surface area contributed by atoms with Crippen LogP contribution in [0.15, 0.2) is 0 Å². The maximum atomic E-state index is 12.0. The van der Waals surface area contributed by atoms with Crippen LogP contribution in [0.5, 0.6) is 17.2 Å². The van der Waals surface area contributed by atoms with E-state index in [1.807, 2.05) is 0 Å². The molecule has 0 bridgehead atoms. The standard InChI is InChI=1S/C13H18O6/c1-7-10(14)8(2)12(18-5)9(11(7)17-4)13(15)19-6-16-3/h14H,6H2,1-5H3. The van der Waals surface area contributed by atoms with Gasteiger partial charge in [0.05, 0.1) is 14.2 Å². The summed E-state index contributed by atoms with van der Waals surface area (Å²) >= 11 is 0. The Balaban J connectivity index is 3.46. The van der Waals surface area contributed by atoms with Crippen molar-refractivity contribution in [1.82, 2.24) is 0 Å². The average molecular weight is 270 g/mol. The lowest BCUT2D eigenvalue weighted by atomic mass is 10.0. The molecule has 6 nitrogen and oxygen atoms in total. The van der Waals surface area contributed by atoms with Gasteiger partial charge >= 0.3 is 5.97 Å². The van der Waals surface area contributed by atoms with Crippen molar-refractivity contribution < 1.29 is 28.8 Å². The van der Waals surface area contributed by atoms with Gasteiger partial charge < -0.3 is 24.1 Å². The predicted molar refractivity (Wildman–Crippen MR) is 68.0 cm³/mol. The zero-order valence-corrected chi connectivity index (χ0v) is 11.7. The van der Waals surface area contributed by atoms with Crippen LogP contribution in [0.3, 0.4) is 0 Å². The van der Waals surface area contributed by atoms with E-state index in [4.69, 9.17) is 18.9 Å². The number of aromatic hydroxyl groups is 1. The number of hydrogen-bond donors (Lipinski definition) is 1. The molecular weight excluding hydrogens is 252 g/mol. The van der Waals surface area contributed by atoms with Crippen LogP contribution in [0.25, 0.3) is 0 Å². The Labute approximate surface area is 111 Å². The third-order valence-electron chi connectivity index (χ3n) is 2.77. The van der Waals surface area contributed by atoms with E-state index in [0.717, 1.165) is 0 Å². The first-order chi connectivity index (χ1) is 8.99. The van der Waals surface area contributed by atoms with Crippen LogP contribution in [0.4, 0.5) is 0 Å². The third-order valence-corrected chi connectivity index (χ3v) is 2.77. The molecule has 0 amide bonds. The van der Waals surface area contributed by atoms with E-state index in [9.17, 15) is 9.90 Å². The molecule has 0 fully saturated rings. The van der Waals surface area contributed by atoms with E-state index >= 15 is 0 Å². The molecule has 1 rings (SSSR count). The summed E-state index contributed by atoms with van der Waals surface area (Å²) in [7, 11) is 4.22. The smallest absolute Gasteiger partial charge is 0.347 e. The highest BCUT2D eigenvalue weighted by Crippen LogP contribution is 2.42. The fourth-order valence-electron chi connectivity index (χ4n) is 1.85. The number of carbonyl (C=O) groups is 1. The maximum absolute atomic E-state index is 12.0. The fraction of sp³-hybridized carbons (Fsp3) is 0.462. The minimum absolute atomic E-state index is 0.0250. The Morgan fingerprint density at radius 2 is 1.53 bits per heavy atom. The molecule has 1 aromatic rings. The highest BCUT2D eigenvalue weighted by Gasteiger charge is 2.27. The molecule has 0 heterocycles. The molecule has 0 unspecified atom stereocenters. The van der Waals surface area contributed by atoms with Gasteiger partial charge in [0.1, 0.15) is 22.8 Å². The predicted octanol–water partition coefficient (Wildman–Crippen LogP) is 1.79. The molecule has 1 N–H and O–H groups in total. The Bertz CT molecular complexity index is 450. The zero-order chi connectivity index (χ0) is 14.6. The van der Waals surface area contributed by atoms with E-state index in [1.54, 1.807) is 13.8 Å². The number of hydrogen-bond acceptors (Lipinski definition) is 6. The number of methoxy groups -OCH3 is 3. The van der Waals surface area contributed by atoms with Crippen LogP contribution in [0.1, 0.15) is 21.5 Å². The summed E-state index contributed by atoms with van der Waals surface area (Å²) in [6.45, 7) is 3.12. The monoisotopic (exact) mass is 270 g/mol. The van der Waals surface area contributed by atoms with E-state index in [0.29, 0.717) is 11.1 Å². The van der Waals surface area contributed by atoms with Crippen LogP contribution in [-0.4, -0.2) is 39.2 Å². The SMILES string of the molecule is COCOC(=O)c1c(OC)c(C)c(O)c(C)c1OC. The molecule has 0 spiro atoms. The highest BCUT2D eigenvalue weighted by atomic mass is 16.7. The van der Waals surface area contributed by atoms with Crippen molar-refractivity contribution in [3.05, 3.63) is 16.7 Å². The summed E-state index contributed by atoms with van der Waals surface area (Å²) < 4.78 is 19.9. The summed E-state index contributed by atoms with van der Waals surface area (Å²) in [6.07, 6.45) is 0. The van der Waals surface area contributed by atoms with Gasteiger partial charge in [-0.15, -0.1) is 0 Å². The van der Waals surface area contributed by atoms with Crippen molar-refractivity contribution >= 4 is 5.97 Å². The van der Waals surface area contributed by atoms with E-state index in [2.05, 4.69) is 0 Å². The number of ether oxygens (including phenoxy) is 4. The highest BCUT2D eigenvalue weighted by molar-refractivity contribution is 5.97. The summed E-state index contributed by atoms with van der Waals surface area (Å²) in [5.41, 5.74) is 1.03. The maximum Gasteiger partial charge on any atom is 0.347 e. The van der Waals surface area contributed by atoms with Gasteiger partial charge in [0.2, 0.25) is 0 Å². The number of rotatable bonds is 5. The molecule has 106 valence electrons. The minimum Gasteiger partial charge on any atom is -0.507 e. The number of esters is 1. The van der Waals surface area contributed by atoms with Gasteiger partial charge in [-0.25, -0.2) is 4.79 Å². The molecule has 0 saturated heterocycles. The molecule has 0 aliphatic heterocycles. The zero-order valence-electron chi connectivity index (χ0n) is 11.7. The molecule has 0 atom stereocenters. The van der Waals surface area contributed by atoms with Gasteiger partial charge in [-0.1, -0.05) is 0 Å². The molecule has 0 saturated carbocycles. The summed E-state index contributed by atoms with van der Waals surface area (Å²) in [5, 5.41) is 9.98. The van der Waals surface area contributed by atoms with E-state index in [-0.39, 0.29) is 29.6 Å². The second-order valence-electron chi connectivity index (χ2n) is 3.88. The third kappa shape index (κ3) is 2.73. The number of benzene rings is 1. The minimum atomic E-state index is -0.637. The second-order valence-corrected chi connectivity index (χ2v) is 3.88. The molecule has 6 heteroatoms. The van der Waals surface area contributed by atoms with Crippen molar-refractivity contribution in [1.29, 1.82) is 0 Å². The van der Waals surface area contributed by atoms with Crippen LogP contribution >= 0.6 is 0 Å². The first-order valence-electron chi connectivity index (χ1n) is 5.59. The lowest BCUT2D eigenvalue weighted by Crippen LogP contribution is -2.12. The number of phenols is 1. The molecule has 19 heavy (non-hydrogen) atoms. The van der Waals surface area contributed by atoms with Gasteiger partial charge in [-0.2, -0.15) is 0 Å². The topological polar surface area (TPSA) is 74.2 Å². The average Bonchev–Trinajstić information content (AvgIpc) is 2.41. The lowest BCUT2D eigenvalue weighted by Gasteiger charge is -2.18. The first kappa shape index (κ1) is 15.1. The van der Waals surface area contributed by atoms with Gasteiger partial charge in [-0.3, -0.25) is 0 Å². The molecule has 0 aromatic heterocycles. The van der Waals surface area contributed by atoms with Crippen LogP contribution < -0.4 is 9.47 Å². The summed E-state index contributed by atoms with van der Waals surface area (Å²) in [5.74, 6) is -0.166. The fourth-order valence-corrected chi connectivity index (χ4v) is 1.85. The van der Waals surface area contributed by atoms with Gasteiger partial charge in [-0.05, 0) is 13.8 Å². The Kier molecular flexibility index (Phi) is 5.00. The number of carbonyl (C=O) groups excluding carboxylic acids is 1.